The molecule has 6 fully saturated rings. The lowest BCUT2D eigenvalue weighted by atomic mass is 9.44. The lowest BCUT2D eigenvalue weighted by molar-refractivity contribution is -0.201. The lowest BCUT2D eigenvalue weighted by Crippen LogP contribution is -2.65. The van der Waals surface area contributed by atoms with Crippen molar-refractivity contribution < 1.29 is 19.4 Å². The molecule has 0 aromatic carbocycles. The van der Waals surface area contributed by atoms with E-state index in [1.807, 2.05) is 0 Å². The van der Waals surface area contributed by atoms with Crippen LogP contribution in [0.4, 0.5) is 0 Å². The summed E-state index contributed by atoms with van der Waals surface area (Å²) in [5, 5.41) is 14.1. The number of carbonyl (C=O) groups is 1. The summed E-state index contributed by atoms with van der Waals surface area (Å²) in [4.78, 5) is 12.0. The molecule has 2 N–H and O–H groups in total. The van der Waals surface area contributed by atoms with Crippen molar-refractivity contribution in [3.63, 3.8) is 0 Å². The summed E-state index contributed by atoms with van der Waals surface area (Å²) in [6.45, 7) is 12.2. The Morgan fingerprint density at radius 1 is 1.00 bits per heavy atom. The predicted octanol–water partition coefficient (Wildman–Crippen LogP) is 4.91. The van der Waals surface area contributed by atoms with Crippen molar-refractivity contribution >= 4 is 5.97 Å². The average Bonchev–Trinajstić information content (AvgIpc) is 3.22. The Kier molecular flexibility index (Phi) is 5.53. The van der Waals surface area contributed by atoms with Crippen molar-refractivity contribution in [3.8, 4) is 0 Å². The van der Waals surface area contributed by atoms with Crippen molar-refractivity contribution in [2.24, 2.45) is 52.3 Å². The Bertz CT molecular complexity index is 833. The number of nitrogens with one attached hydrogen (secondary N) is 1. The van der Waals surface area contributed by atoms with Crippen molar-refractivity contribution in [1.29, 1.82) is 0 Å². The Labute approximate surface area is 206 Å². The molecule has 6 rings (SSSR count). The highest BCUT2D eigenvalue weighted by Gasteiger charge is 2.70. The quantitative estimate of drug-likeness (QED) is 0.530. The summed E-state index contributed by atoms with van der Waals surface area (Å²) >= 11 is 0. The first-order chi connectivity index (χ1) is 16.1. The smallest absolute Gasteiger partial charge is 0.303 e. The van der Waals surface area contributed by atoms with E-state index < -0.39 is 5.72 Å². The van der Waals surface area contributed by atoms with Gasteiger partial charge >= 0.3 is 5.97 Å². The van der Waals surface area contributed by atoms with Crippen LogP contribution in [0.1, 0.15) is 92.4 Å². The van der Waals surface area contributed by atoms with Crippen molar-refractivity contribution in [2.45, 2.75) is 116 Å². The molecule has 34 heavy (non-hydrogen) atoms. The summed E-state index contributed by atoms with van der Waals surface area (Å²) in [6.07, 6.45) is 10.5. The van der Waals surface area contributed by atoms with Gasteiger partial charge in [-0.3, -0.25) is 10.1 Å². The summed E-state index contributed by atoms with van der Waals surface area (Å²) in [6, 6.07) is 0. The highest BCUT2D eigenvalue weighted by Crippen LogP contribution is 2.71. The molecule has 5 nitrogen and oxygen atoms in total. The van der Waals surface area contributed by atoms with Gasteiger partial charge in [0.25, 0.3) is 0 Å². The van der Waals surface area contributed by atoms with Gasteiger partial charge in [0.15, 0.2) is 5.72 Å². The fourth-order valence-electron chi connectivity index (χ4n) is 10.9. The molecule has 5 heteroatoms. The standard InChI is InChI=1S/C29H47NO4/c1-16-12-25(33-18(3)31)29(30-15-16)17(2)26-24(34-29)14-23-21-7-6-19-13-20(32)8-10-27(19,4)22(21)9-11-28(23,26)5/h16-17,19-26,30,32H,6-15H2,1-5H3/t16-,17-,19-,20-,21+,22-,23-,24-,25-,26-,27-,28-,29-/m0/s1. The van der Waals surface area contributed by atoms with E-state index in [1.165, 1.54) is 45.4 Å². The van der Waals surface area contributed by atoms with E-state index in [4.69, 9.17) is 9.47 Å². The van der Waals surface area contributed by atoms with Gasteiger partial charge in [0, 0.05) is 19.4 Å². The van der Waals surface area contributed by atoms with Crippen LogP contribution in [0.2, 0.25) is 0 Å². The van der Waals surface area contributed by atoms with E-state index in [0.717, 1.165) is 43.6 Å². The molecule has 13 atom stereocenters. The fraction of sp³-hybridized carbons (Fsp3) is 0.966. The molecule has 0 radical (unpaired) electrons. The van der Waals surface area contributed by atoms with Crippen molar-refractivity contribution in [1.82, 2.24) is 5.32 Å². The van der Waals surface area contributed by atoms with Crippen LogP contribution in [-0.4, -0.2) is 41.7 Å². The number of aliphatic hydroxyl groups excluding tert-OH is 1. The second-order valence-electron chi connectivity index (χ2n) is 13.9. The Hall–Kier alpha value is -0.650. The number of carbonyl (C=O) groups excluding carboxylic acids is 1. The first-order valence-corrected chi connectivity index (χ1v) is 14.4. The number of fused-ring (bicyclic) bond motifs is 7. The molecule has 2 saturated heterocycles. The van der Waals surface area contributed by atoms with Gasteiger partial charge in [-0.15, -0.1) is 0 Å². The monoisotopic (exact) mass is 473 g/mol. The molecule has 0 bridgehead atoms. The van der Waals surface area contributed by atoms with Gasteiger partial charge in [0.2, 0.25) is 0 Å². The number of ether oxygens (including phenoxy) is 2. The zero-order valence-electron chi connectivity index (χ0n) is 22.0. The third kappa shape index (κ3) is 3.18. The van der Waals surface area contributed by atoms with Crippen LogP contribution >= 0.6 is 0 Å². The number of hydrogen-bond donors (Lipinski definition) is 2. The van der Waals surface area contributed by atoms with Crippen molar-refractivity contribution in [2.75, 3.05) is 6.54 Å². The molecule has 0 amide bonds. The van der Waals surface area contributed by atoms with Gasteiger partial charge < -0.3 is 14.6 Å². The summed E-state index contributed by atoms with van der Waals surface area (Å²) in [5.41, 5.74) is 0.190. The summed E-state index contributed by atoms with van der Waals surface area (Å²) in [5.74, 6) is 4.20. The van der Waals surface area contributed by atoms with Crippen LogP contribution < -0.4 is 5.32 Å². The Morgan fingerprint density at radius 3 is 2.53 bits per heavy atom. The van der Waals surface area contributed by atoms with Crippen LogP contribution in [0.3, 0.4) is 0 Å². The Balaban J connectivity index is 1.27. The van der Waals surface area contributed by atoms with E-state index in [-0.39, 0.29) is 24.3 Å². The zero-order valence-corrected chi connectivity index (χ0v) is 22.0. The second kappa shape index (κ2) is 7.92. The average molecular weight is 474 g/mol. The number of hydrogen-bond acceptors (Lipinski definition) is 5. The van der Waals surface area contributed by atoms with Gasteiger partial charge in [0.05, 0.1) is 12.2 Å². The molecule has 0 aromatic heterocycles. The summed E-state index contributed by atoms with van der Waals surface area (Å²) < 4.78 is 13.0. The minimum absolute atomic E-state index is 0.0735. The van der Waals surface area contributed by atoms with Crippen molar-refractivity contribution in [3.05, 3.63) is 0 Å². The SMILES string of the molecule is CC(=O)O[C@H]1C[C@H](C)CN[C@@]12O[C@H]1C[C@H]3[C@@H]4CC[C@H]5C[C@@H](O)CC[C@]5(C)[C@H]4CC[C@]3(C)[C@H]1[C@@H]2C. The minimum atomic E-state index is -0.526. The van der Waals surface area contributed by atoms with Gasteiger partial charge in [0.1, 0.15) is 6.10 Å². The maximum atomic E-state index is 12.0. The third-order valence-electron chi connectivity index (χ3n) is 12.4. The molecular formula is C29H47NO4. The largest absolute Gasteiger partial charge is 0.458 e. The highest BCUT2D eigenvalue weighted by molar-refractivity contribution is 5.66. The lowest BCUT2D eigenvalue weighted by Gasteiger charge is -2.61. The van der Waals surface area contributed by atoms with Gasteiger partial charge in [-0.1, -0.05) is 27.7 Å². The fourth-order valence-corrected chi connectivity index (χ4v) is 10.9. The first-order valence-electron chi connectivity index (χ1n) is 14.4. The van der Waals surface area contributed by atoms with Gasteiger partial charge in [-0.05, 0) is 104 Å². The van der Waals surface area contributed by atoms with Crippen LogP contribution in [0.15, 0.2) is 0 Å². The molecule has 2 heterocycles. The topological polar surface area (TPSA) is 67.8 Å². The van der Waals surface area contributed by atoms with Crippen LogP contribution in [0, 0.1) is 52.3 Å². The second-order valence-corrected chi connectivity index (χ2v) is 13.9. The Morgan fingerprint density at radius 2 is 1.76 bits per heavy atom. The van der Waals surface area contributed by atoms with Crippen LogP contribution in [-0.2, 0) is 14.3 Å². The number of esters is 1. The molecule has 6 aliphatic rings. The molecule has 4 saturated carbocycles. The molecule has 0 aromatic rings. The van der Waals surface area contributed by atoms with E-state index in [1.54, 1.807) is 0 Å². The number of rotatable bonds is 1. The minimum Gasteiger partial charge on any atom is -0.458 e. The third-order valence-corrected chi connectivity index (χ3v) is 12.4. The van der Waals surface area contributed by atoms with E-state index in [0.29, 0.717) is 34.5 Å². The van der Waals surface area contributed by atoms with Gasteiger partial charge in [-0.25, -0.2) is 0 Å². The van der Waals surface area contributed by atoms with Gasteiger partial charge in [-0.2, -0.15) is 0 Å². The normalized spacial score (nSPS) is 58.5. The molecular weight excluding hydrogens is 426 g/mol. The van der Waals surface area contributed by atoms with E-state index in [2.05, 4.69) is 33.0 Å². The first kappa shape index (κ1) is 23.7. The van der Waals surface area contributed by atoms with E-state index in [9.17, 15) is 9.90 Å². The van der Waals surface area contributed by atoms with Crippen LogP contribution in [0.5, 0.6) is 0 Å². The van der Waals surface area contributed by atoms with Crippen LogP contribution in [0.25, 0.3) is 0 Å². The maximum absolute atomic E-state index is 12.0. The molecule has 1 spiro atoms. The summed E-state index contributed by atoms with van der Waals surface area (Å²) in [7, 11) is 0. The number of aliphatic hydroxyl groups is 1. The zero-order chi connectivity index (χ0) is 24.0. The predicted molar refractivity (Wildman–Crippen MR) is 131 cm³/mol. The molecule has 4 aliphatic carbocycles. The molecule has 0 unspecified atom stereocenters. The highest BCUT2D eigenvalue weighted by atomic mass is 16.6. The molecule has 2 aliphatic heterocycles. The van der Waals surface area contributed by atoms with E-state index >= 15 is 0 Å². The number of piperidine rings is 1. The molecule has 192 valence electrons. The maximum Gasteiger partial charge on any atom is 0.303 e.